The zero-order valence-electron chi connectivity index (χ0n) is 9.47. The number of rotatable bonds is 3. The number of hydrogen-bond acceptors (Lipinski definition) is 4. The van der Waals surface area contributed by atoms with Crippen LogP contribution in [-0.4, -0.2) is 35.3 Å². The van der Waals surface area contributed by atoms with Crippen molar-refractivity contribution in [1.82, 2.24) is 9.97 Å². The zero-order valence-corrected chi connectivity index (χ0v) is 10.2. The molecule has 1 aromatic heterocycles. The molecule has 0 amide bonds. The van der Waals surface area contributed by atoms with Crippen LogP contribution in [-0.2, 0) is 11.2 Å². The van der Waals surface area contributed by atoms with Gasteiger partial charge in [-0.1, -0.05) is 17.7 Å². The van der Waals surface area contributed by atoms with Crippen LogP contribution in [0.5, 0.6) is 0 Å². The van der Waals surface area contributed by atoms with Gasteiger partial charge < -0.3 is 9.64 Å². The Morgan fingerprint density at radius 2 is 2.47 bits per heavy atom. The normalized spacial score (nSPS) is 26.5. The lowest BCUT2D eigenvalue weighted by Crippen LogP contribution is -2.37. The molecule has 0 radical (unpaired) electrons. The van der Waals surface area contributed by atoms with Crippen LogP contribution in [0.25, 0.3) is 0 Å². The van der Waals surface area contributed by atoms with Gasteiger partial charge in [0, 0.05) is 19.0 Å². The van der Waals surface area contributed by atoms with Crippen LogP contribution < -0.4 is 4.90 Å². The Kier molecular flexibility index (Phi) is 2.76. The predicted octanol–water partition coefficient (Wildman–Crippen LogP) is 1.84. The fourth-order valence-electron chi connectivity index (χ4n) is 2.50. The summed E-state index contributed by atoms with van der Waals surface area (Å²) in [6.07, 6.45) is 3.88. The molecule has 3 rings (SSSR count). The maximum atomic E-state index is 6.02. The van der Waals surface area contributed by atoms with Crippen LogP contribution in [0.2, 0.25) is 5.15 Å². The third kappa shape index (κ3) is 2.03. The minimum Gasteiger partial charge on any atom is -0.374 e. The first kappa shape index (κ1) is 11.0. The van der Waals surface area contributed by atoms with Gasteiger partial charge in [0.25, 0.3) is 0 Å². The Balaban J connectivity index is 1.89. The molecule has 0 spiro atoms. The number of allylic oxidation sites excluding steroid dienone is 1. The molecule has 90 valence electrons. The summed E-state index contributed by atoms with van der Waals surface area (Å²) < 4.78 is 5.58. The van der Waals surface area contributed by atoms with Gasteiger partial charge in [0.05, 0.1) is 18.8 Å². The van der Waals surface area contributed by atoms with Crippen LogP contribution in [0.3, 0.4) is 0 Å². The molecule has 0 N–H and O–H groups in total. The van der Waals surface area contributed by atoms with Crippen LogP contribution in [0.4, 0.5) is 5.82 Å². The summed E-state index contributed by atoms with van der Waals surface area (Å²) in [5, 5.41) is 0.496. The largest absolute Gasteiger partial charge is 0.374 e. The summed E-state index contributed by atoms with van der Waals surface area (Å²) >= 11 is 6.02. The molecule has 4 nitrogen and oxygen atoms in total. The van der Waals surface area contributed by atoms with Gasteiger partial charge in [-0.05, 0) is 6.42 Å². The van der Waals surface area contributed by atoms with E-state index in [0.29, 0.717) is 23.7 Å². The zero-order chi connectivity index (χ0) is 11.8. The molecule has 17 heavy (non-hydrogen) atoms. The van der Waals surface area contributed by atoms with E-state index in [4.69, 9.17) is 16.3 Å². The van der Waals surface area contributed by atoms with E-state index in [9.17, 15) is 0 Å². The highest BCUT2D eigenvalue weighted by molar-refractivity contribution is 6.29. The average Bonchev–Trinajstić information content (AvgIpc) is 2.90. The quantitative estimate of drug-likeness (QED) is 0.607. The number of anilines is 1. The molecule has 3 heterocycles. The Hall–Kier alpha value is -1.13. The number of fused-ring (bicyclic) bond motifs is 2. The second-order valence-corrected chi connectivity index (χ2v) is 4.84. The smallest absolute Gasteiger partial charge is 0.136 e. The molecular weight excluding hydrogens is 238 g/mol. The third-order valence-electron chi connectivity index (χ3n) is 3.25. The van der Waals surface area contributed by atoms with E-state index in [1.807, 2.05) is 6.07 Å². The Bertz CT molecular complexity index is 451. The van der Waals surface area contributed by atoms with Gasteiger partial charge in [-0.15, -0.1) is 6.58 Å². The Morgan fingerprint density at radius 3 is 3.12 bits per heavy atom. The number of halogens is 1. The van der Waals surface area contributed by atoms with Gasteiger partial charge >= 0.3 is 0 Å². The molecule has 5 heteroatoms. The predicted molar refractivity (Wildman–Crippen MR) is 66.4 cm³/mol. The molecule has 0 saturated carbocycles. The van der Waals surface area contributed by atoms with Gasteiger partial charge in [-0.2, -0.15) is 0 Å². The lowest BCUT2D eigenvalue weighted by Gasteiger charge is -2.28. The maximum absolute atomic E-state index is 6.02. The minimum absolute atomic E-state index is 0.358. The second kappa shape index (κ2) is 4.27. The van der Waals surface area contributed by atoms with Gasteiger partial charge in [0.1, 0.15) is 16.8 Å². The summed E-state index contributed by atoms with van der Waals surface area (Å²) in [5.41, 5.74) is 0. The standard InChI is InChI=1S/C12H14ClN3O/c1-2-3-11-14-10(13)5-12(15-11)16-6-9-4-8(16)7-17-9/h2,5,8-9H,1,3-4,6-7H2/t8-,9-/m0/s1. The van der Waals surface area contributed by atoms with E-state index in [-0.39, 0.29) is 0 Å². The van der Waals surface area contributed by atoms with Crippen molar-refractivity contribution >= 4 is 17.4 Å². The second-order valence-electron chi connectivity index (χ2n) is 4.46. The minimum atomic E-state index is 0.358. The molecule has 2 atom stereocenters. The molecular formula is C12H14ClN3O. The van der Waals surface area contributed by atoms with Gasteiger partial charge in [0.15, 0.2) is 0 Å². The number of ether oxygens (including phenoxy) is 1. The van der Waals surface area contributed by atoms with Gasteiger partial charge in [0.2, 0.25) is 0 Å². The van der Waals surface area contributed by atoms with E-state index in [0.717, 1.165) is 31.2 Å². The number of morpholine rings is 1. The van der Waals surface area contributed by atoms with E-state index < -0.39 is 0 Å². The van der Waals surface area contributed by atoms with E-state index in [1.54, 1.807) is 6.08 Å². The third-order valence-corrected chi connectivity index (χ3v) is 3.44. The van der Waals surface area contributed by atoms with Crippen molar-refractivity contribution in [3.63, 3.8) is 0 Å². The van der Waals surface area contributed by atoms with Crippen molar-refractivity contribution in [2.24, 2.45) is 0 Å². The van der Waals surface area contributed by atoms with Crippen molar-refractivity contribution in [2.45, 2.75) is 25.0 Å². The lowest BCUT2D eigenvalue weighted by molar-refractivity contribution is 0.0988. The van der Waals surface area contributed by atoms with Gasteiger partial charge in [-0.3, -0.25) is 0 Å². The number of hydrogen-bond donors (Lipinski definition) is 0. The molecule has 0 unspecified atom stereocenters. The van der Waals surface area contributed by atoms with Crippen molar-refractivity contribution in [2.75, 3.05) is 18.1 Å². The molecule has 0 aromatic carbocycles. The fraction of sp³-hybridized carbons (Fsp3) is 0.500. The first-order valence-electron chi connectivity index (χ1n) is 5.79. The highest BCUT2D eigenvalue weighted by Crippen LogP contribution is 2.32. The Morgan fingerprint density at radius 1 is 1.59 bits per heavy atom. The van der Waals surface area contributed by atoms with Crippen LogP contribution >= 0.6 is 11.6 Å². The molecule has 2 saturated heterocycles. The van der Waals surface area contributed by atoms with E-state index >= 15 is 0 Å². The van der Waals surface area contributed by atoms with Crippen molar-refractivity contribution in [3.8, 4) is 0 Å². The first-order valence-corrected chi connectivity index (χ1v) is 6.16. The van der Waals surface area contributed by atoms with Crippen molar-refractivity contribution in [3.05, 3.63) is 29.7 Å². The molecule has 2 aliphatic heterocycles. The van der Waals surface area contributed by atoms with Crippen molar-refractivity contribution < 1.29 is 4.74 Å². The molecule has 2 bridgehead atoms. The number of aromatic nitrogens is 2. The van der Waals surface area contributed by atoms with Crippen molar-refractivity contribution in [1.29, 1.82) is 0 Å². The molecule has 2 aliphatic rings. The first-order chi connectivity index (χ1) is 8.26. The van der Waals surface area contributed by atoms with Crippen LogP contribution in [0.15, 0.2) is 18.7 Å². The average molecular weight is 252 g/mol. The summed E-state index contributed by atoms with van der Waals surface area (Å²) in [6, 6.07) is 2.28. The highest BCUT2D eigenvalue weighted by Gasteiger charge is 2.39. The topological polar surface area (TPSA) is 38.2 Å². The van der Waals surface area contributed by atoms with E-state index in [1.165, 1.54) is 0 Å². The molecule has 0 aliphatic carbocycles. The summed E-state index contributed by atoms with van der Waals surface area (Å²) in [6.45, 7) is 5.40. The monoisotopic (exact) mass is 251 g/mol. The van der Waals surface area contributed by atoms with Crippen LogP contribution in [0, 0.1) is 0 Å². The summed E-state index contributed by atoms with van der Waals surface area (Å²) in [5.74, 6) is 1.64. The van der Waals surface area contributed by atoms with Gasteiger partial charge in [-0.25, -0.2) is 9.97 Å². The summed E-state index contributed by atoms with van der Waals surface area (Å²) in [7, 11) is 0. The number of nitrogens with zero attached hydrogens (tertiary/aromatic N) is 3. The summed E-state index contributed by atoms with van der Waals surface area (Å²) in [4.78, 5) is 11.0. The fourth-order valence-corrected chi connectivity index (χ4v) is 2.69. The Labute approximate surface area is 105 Å². The maximum Gasteiger partial charge on any atom is 0.136 e. The highest BCUT2D eigenvalue weighted by atomic mass is 35.5. The molecule has 2 fully saturated rings. The van der Waals surface area contributed by atoms with E-state index in [2.05, 4.69) is 21.4 Å². The SMILES string of the molecule is C=CCc1nc(Cl)cc(N2C[C@@H]3C[C@H]2CO3)n1. The lowest BCUT2D eigenvalue weighted by atomic mass is 10.2. The molecule has 1 aromatic rings. The van der Waals surface area contributed by atoms with Crippen LogP contribution in [0.1, 0.15) is 12.2 Å².